The first kappa shape index (κ1) is 11.4. The summed E-state index contributed by atoms with van der Waals surface area (Å²) in [5, 5.41) is 3.64. The minimum Gasteiger partial charge on any atom is -0.312 e. The van der Waals surface area contributed by atoms with E-state index in [1.165, 1.54) is 51.7 Å². The molecule has 1 heterocycles. The van der Waals surface area contributed by atoms with E-state index in [1.54, 1.807) is 0 Å². The Balaban J connectivity index is 1.64. The summed E-state index contributed by atoms with van der Waals surface area (Å²) in [6.45, 7) is 8.56. The molecule has 1 aliphatic heterocycles. The Labute approximate surface area is 94.4 Å². The SMILES string of the molecule is CCCC1CCN(C(C)CNC2CC2)C1. The summed E-state index contributed by atoms with van der Waals surface area (Å²) in [6.07, 6.45) is 7.03. The number of nitrogens with zero attached hydrogens (tertiary/aromatic N) is 1. The number of nitrogens with one attached hydrogen (secondary N) is 1. The van der Waals surface area contributed by atoms with Crippen LogP contribution in [0, 0.1) is 5.92 Å². The van der Waals surface area contributed by atoms with Crippen molar-refractivity contribution in [3.8, 4) is 0 Å². The Kier molecular flexibility index (Phi) is 4.04. The van der Waals surface area contributed by atoms with Gasteiger partial charge in [0.25, 0.3) is 0 Å². The average molecular weight is 210 g/mol. The molecule has 2 heteroatoms. The highest BCUT2D eigenvalue weighted by molar-refractivity contribution is 4.85. The Morgan fingerprint density at radius 1 is 1.33 bits per heavy atom. The van der Waals surface area contributed by atoms with Crippen molar-refractivity contribution < 1.29 is 0 Å². The van der Waals surface area contributed by atoms with Crippen LogP contribution in [0.25, 0.3) is 0 Å². The molecule has 0 bridgehead atoms. The van der Waals surface area contributed by atoms with E-state index in [0.29, 0.717) is 0 Å². The molecule has 2 unspecified atom stereocenters. The molecule has 2 fully saturated rings. The van der Waals surface area contributed by atoms with E-state index >= 15 is 0 Å². The maximum atomic E-state index is 3.64. The Hall–Kier alpha value is -0.0800. The predicted octanol–water partition coefficient (Wildman–Crippen LogP) is 2.25. The molecule has 0 aromatic heterocycles. The number of hydrogen-bond acceptors (Lipinski definition) is 2. The van der Waals surface area contributed by atoms with Crippen LogP contribution in [0.3, 0.4) is 0 Å². The molecule has 0 radical (unpaired) electrons. The van der Waals surface area contributed by atoms with Gasteiger partial charge in [0.2, 0.25) is 0 Å². The lowest BCUT2D eigenvalue weighted by Gasteiger charge is -2.24. The number of hydrogen-bond donors (Lipinski definition) is 1. The maximum absolute atomic E-state index is 3.64. The second kappa shape index (κ2) is 5.31. The normalized spacial score (nSPS) is 29.6. The van der Waals surface area contributed by atoms with E-state index < -0.39 is 0 Å². The number of likely N-dealkylation sites (tertiary alicyclic amines) is 1. The lowest BCUT2D eigenvalue weighted by atomic mass is 10.0. The van der Waals surface area contributed by atoms with Crippen LogP contribution in [0.2, 0.25) is 0 Å². The molecule has 0 amide bonds. The second-order valence-electron chi connectivity index (χ2n) is 5.47. The smallest absolute Gasteiger partial charge is 0.0192 e. The summed E-state index contributed by atoms with van der Waals surface area (Å²) in [5.74, 6) is 0.985. The van der Waals surface area contributed by atoms with Gasteiger partial charge in [-0.25, -0.2) is 0 Å². The van der Waals surface area contributed by atoms with E-state index in [1.807, 2.05) is 0 Å². The van der Waals surface area contributed by atoms with Crippen LogP contribution in [-0.4, -0.2) is 36.6 Å². The van der Waals surface area contributed by atoms with Crippen LogP contribution >= 0.6 is 0 Å². The summed E-state index contributed by atoms with van der Waals surface area (Å²) in [5.41, 5.74) is 0. The van der Waals surface area contributed by atoms with Crippen molar-refractivity contribution in [3.63, 3.8) is 0 Å². The van der Waals surface area contributed by atoms with Gasteiger partial charge in [0.1, 0.15) is 0 Å². The van der Waals surface area contributed by atoms with E-state index in [0.717, 1.165) is 18.0 Å². The third-order valence-electron chi connectivity index (χ3n) is 3.92. The number of rotatable bonds is 6. The van der Waals surface area contributed by atoms with E-state index in [9.17, 15) is 0 Å². The molecular weight excluding hydrogens is 184 g/mol. The highest BCUT2D eigenvalue weighted by Gasteiger charge is 2.27. The lowest BCUT2D eigenvalue weighted by Crippen LogP contribution is -2.39. The molecule has 15 heavy (non-hydrogen) atoms. The van der Waals surface area contributed by atoms with Crippen LogP contribution in [0.15, 0.2) is 0 Å². The van der Waals surface area contributed by atoms with Gasteiger partial charge >= 0.3 is 0 Å². The van der Waals surface area contributed by atoms with Crippen LogP contribution in [-0.2, 0) is 0 Å². The summed E-state index contributed by atoms with van der Waals surface area (Å²) >= 11 is 0. The van der Waals surface area contributed by atoms with Crippen molar-refractivity contribution in [1.29, 1.82) is 0 Å². The zero-order chi connectivity index (χ0) is 10.7. The summed E-state index contributed by atoms with van der Waals surface area (Å²) in [4.78, 5) is 2.68. The zero-order valence-electron chi connectivity index (χ0n) is 10.3. The monoisotopic (exact) mass is 210 g/mol. The fraction of sp³-hybridized carbons (Fsp3) is 1.00. The summed E-state index contributed by atoms with van der Waals surface area (Å²) < 4.78 is 0. The van der Waals surface area contributed by atoms with Crippen LogP contribution in [0.1, 0.15) is 46.0 Å². The van der Waals surface area contributed by atoms with Crippen molar-refractivity contribution in [2.45, 2.75) is 58.0 Å². The van der Waals surface area contributed by atoms with Gasteiger partial charge in [-0.1, -0.05) is 13.3 Å². The molecule has 88 valence electrons. The van der Waals surface area contributed by atoms with Gasteiger partial charge in [0, 0.05) is 25.2 Å². The lowest BCUT2D eigenvalue weighted by molar-refractivity contribution is 0.240. The highest BCUT2D eigenvalue weighted by atomic mass is 15.2. The third kappa shape index (κ3) is 3.46. The van der Waals surface area contributed by atoms with Gasteiger partial charge in [-0.05, 0) is 45.1 Å². The van der Waals surface area contributed by atoms with Crippen molar-refractivity contribution in [3.05, 3.63) is 0 Å². The Morgan fingerprint density at radius 3 is 2.80 bits per heavy atom. The molecule has 1 saturated carbocycles. The molecule has 1 N–H and O–H groups in total. The Bertz CT molecular complexity index is 189. The molecular formula is C13H26N2. The van der Waals surface area contributed by atoms with E-state index in [2.05, 4.69) is 24.1 Å². The van der Waals surface area contributed by atoms with E-state index in [4.69, 9.17) is 0 Å². The summed E-state index contributed by atoms with van der Waals surface area (Å²) in [6, 6.07) is 1.61. The fourth-order valence-electron chi connectivity index (χ4n) is 2.66. The molecule has 2 nitrogen and oxygen atoms in total. The average Bonchev–Trinajstić information content (AvgIpc) is 2.94. The topological polar surface area (TPSA) is 15.3 Å². The molecule has 0 aromatic rings. The molecule has 2 rings (SSSR count). The molecule has 0 aromatic carbocycles. The van der Waals surface area contributed by atoms with Crippen molar-refractivity contribution >= 4 is 0 Å². The standard InChI is InChI=1S/C13H26N2/c1-3-4-12-7-8-15(10-12)11(2)9-14-13-5-6-13/h11-14H,3-10H2,1-2H3. The van der Waals surface area contributed by atoms with Gasteiger partial charge in [-0.2, -0.15) is 0 Å². The first-order valence-corrected chi connectivity index (χ1v) is 6.77. The van der Waals surface area contributed by atoms with Gasteiger partial charge in [-0.3, -0.25) is 4.90 Å². The van der Waals surface area contributed by atoms with Crippen molar-refractivity contribution in [2.75, 3.05) is 19.6 Å². The molecule has 2 aliphatic rings. The minimum atomic E-state index is 0.743. The largest absolute Gasteiger partial charge is 0.312 e. The molecule has 1 saturated heterocycles. The summed E-state index contributed by atoms with van der Waals surface area (Å²) in [7, 11) is 0. The van der Waals surface area contributed by atoms with Crippen LogP contribution in [0.4, 0.5) is 0 Å². The first-order chi connectivity index (χ1) is 7.29. The van der Waals surface area contributed by atoms with Crippen LogP contribution < -0.4 is 5.32 Å². The van der Waals surface area contributed by atoms with Gasteiger partial charge in [0.05, 0.1) is 0 Å². The maximum Gasteiger partial charge on any atom is 0.0192 e. The van der Waals surface area contributed by atoms with Gasteiger partial charge < -0.3 is 5.32 Å². The quantitative estimate of drug-likeness (QED) is 0.723. The molecule has 0 spiro atoms. The van der Waals surface area contributed by atoms with Crippen molar-refractivity contribution in [1.82, 2.24) is 10.2 Å². The Morgan fingerprint density at radius 2 is 2.13 bits per heavy atom. The van der Waals surface area contributed by atoms with Gasteiger partial charge in [-0.15, -0.1) is 0 Å². The third-order valence-corrected chi connectivity index (χ3v) is 3.92. The van der Waals surface area contributed by atoms with E-state index in [-0.39, 0.29) is 0 Å². The fourth-order valence-corrected chi connectivity index (χ4v) is 2.66. The predicted molar refractivity (Wildman–Crippen MR) is 65.1 cm³/mol. The van der Waals surface area contributed by atoms with Gasteiger partial charge in [0.15, 0.2) is 0 Å². The highest BCUT2D eigenvalue weighted by Crippen LogP contribution is 2.23. The minimum absolute atomic E-state index is 0.743. The van der Waals surface area contributed by atoms with Crippen molar-refractivity contribution in [2.24, 2.45) is 5.92 Å². The second-order valence-corrected chi connectivity index (χ2v) is 5.47. The molecule has 2 atom stereocenters. The first-order valence-electron chi connectivity index (χ1n) is 6.77. The zero-order valence-corrected chi connectivity index (χ0v) is 10.3. The van der Waals surface area contributed by atoms with Crippen LogP contribution in [0.5, 0.6) is 0 Å². The molecule has 1 aliphatic carbocycles.